The minimum absolute atomic E-state index is 0.0538. The van der Waals surface area contributed by atoms with E-state index in [1.54, 1.807) is 31.2 Å². The number of ketones is 1. The molecule has 3 atom stereocenters. The van der Waals surface area contributed by atoms with Crippen LogP contribution in [0, 0.1) is 5.92 Å². The summed E-state index contributed by atoms with van der Waals surface area (Å²) in [5.74, 6) is -2.26. The lowest BCUT2D eigenvalue weighted by molar-refractivity contribution is -0.147. The van der Waals surface area contributed by atoms with Crippen LogP contribution in [0.4, 0.5) is 4.79 Å². The van der Waals surface area contributed by atoms with Crippen LogP contribution in [-0.4, -0.2) is 42.4 Å². The molecular weight excluding hydrogens is 474 g/mol. The summed E-state index contributed by atoms with van der Waals surface area (Å²) in [6, 6.07) is 16.1. The number of Topliss-reactive ketones (excluding diaryl/α,β-unsaturated/α-hetero) is 1. The summed E-state index contributed by atoms with van der Waals surface area (Å²) in [5, 5.41) is 5.31. The number of amides is 3. The van der Waals surface area contributed by atoms with Gasteiger partial charge in [0.1, 0.15) is 18.7 Å². The van der Waals surface area contributed by atoms with E-state index in [-0.39, 0.29) is 25.6 Å². The summed E-state index contributed by atoms with van der Waals surface area (Å²) < 4.78 is 5.30. The van der Waals surface area contributed by atoms with Gasteiger partial charge in [-0.2, -0.15) is 0 Å². The zero-order chi connectivity index (χ0) is 27.0. The maximum Gasteiger partial charge on any atom is 0.408 e. The first-order valence-electron chi connectivity index (χ1n) is 12.6. The Hall–Kier alpha value is -3.72. The molecule has 0 aliphatic carbocycles. The molecule has 2 aromatic rings. The predicted molar refractivity (Wildman–Crippen MR) is 139 cm³/mol. The van der Waals surface area contributed by atoms with Crippen molar-refractivity contribution in [3.05, 3.63) is 71.8 Å². The molecule has 0 aliphatic heterocycles. The van der Waals surface area contributed by atoms with Crippen LogP contribution in [0.2, 0.25) is 0 Å². The van der Waals surface area contributed by atoms with Gasteiger partial charge in [-0.05, 0) is 30.4 Å². The van der Waals surface area contributed by atoms with Gasteiger partial charge in [-0.25, -0.2) is 10.3 Å². The van der Waals surface area contributed by atoms with Gasteiger partial charge >= 0.3 is 12.0 Å². The maximum absolute atomic E-state index is 13.3. The van der Waals surface area contributed by atoms with Crippen LogP contribution in [0.15, 0.2) is 60.7 Å². The number of hydrogen-bond acceptors (Lipinski definition) is 6. The molecule has 0 heterocycles. The van der Waals surface area contributed by atoms with Crippen molar-refractivity contribution in [3.63, 3.8) is 0 Å². The summed E-state index contributed by atoms with van der Waals surface area (Å²) >= 11 is 0. The zero-order valence-corrected chi connectivity index (χ0v) is 21.7. The van der Waals surface area contributed by atoms with Gasteiger partial charge in [-0.15, -0.1) is 0 Å². The van der Waals surface area contributed by atoms with Crippen LogP contribution in [0.5, 0.6) is 0 Å². The van der Waals surface area contributed by atoms with Gasteiger partial charge in [-0.1, -0.05) is 87.4 Å². The number of carbonyl (C=O) groups excluding carboxylic acids is 4. The number of nitrogens with one attached hydrogen (secondary N) is 3. The number of ether oxygens (including phenoxy) is 1. The van der Waals surface area contributed by atoms with Crippen molar-refractivity contribution in [1.82, 2.24) is 16.1 Å². The maximum atomic E-state index is 13.3. The Kier molecular flexibility index (Phi) is 12.8. The molecule has 0 spiro atoms. The Morgan fingerprint density at radius 2 is 1.46 bits per heavy atom. The third-order valence-electron chi connectivity index (χ3n) is 5.69. The summed E-state index contributed by atoms with van der Waals surface area (Å²) in [4.78, 5) is 56.0. The van der Waals surface area contributed by atoms with E-state index in [2.05, 4.69) is 16.1 Å². The summed E-state index contributed by atoms with van der Waals surface area (Å²) in [6.45, 7) is 5.93. The largest absolute Gasteiger partial charge is 0.445 e. The second kappa shape index (κ2) is 16.1. The molecule has 3 N–H and O–H groups in total. The molecule has 0 saturated carbocycles. The first-order valence-corrected chi connectivity index (χ1v) is 12.6. The highest BCUT2D eigenvalue weighted by Gasteiger charge is 2.31. The Bertz CT molecular complexity index is 999. The number of alkyl carbamates (subject to hydrolysis) is 1. The highest BCUT2D eigenvalue weighted by atomic mass is 16.6. The monoisotopic (exact) mass is 511 g/mol. The van der Waals surface area contributed by atoms with Crippen LogP contribution in [0.3, 0.4) is 0 Å². The van der Waals surface area contributed by atoms with Crippen LogP contribution in [0.1, 0.15) is 51.2 Å². The summed E-state index contributed by atoms with van der Waals surface area (Å²) in [5.41, 5.74) is 3.66. The topological polar surface area (TPSA) is 123 Å². The molecule has 1 unspecified atom stereocenters. The number of benzene rings is 2. The standard InChI is InChI=1S/C28H37N3O6/c1-4-12-20(3)17-24(30-28(35)36-19-22-15-10-7-11-16-22)26(33)29-23(18-21-13-8-6-9-14-21)25(32)27(34)31-37-5-2/h6-11,13-16,20,23-24H,4-5,12,17-19H2,1-3H3,(H,29,33)(H,30,35)(H,31,34)/t20?,23-,24-/m0/s1. The van der Waals surface area contributed by atoms with Gasteiger partial charge in [0.15, 0.2) is 0 Å². The van der Waals surface area contributed by atoms with Gasteiger partial charge < -0.3 is 15.4 Å². The van der Waals surface area contributed by atoms with Crippen molar-refractivity contribution in [3.8, 4) is 0 Å². The molecule has 2 rings (SSSR count). The van der Waals surface area contributed by atoms with Crippen LogP contribution in [0.25, 0.3) is 0 Å². The molecule has 0 saturated heterocycles. The van der Waals surface area contributed by atoms with Crippen LogP contribution >= 0.6 is 0 Å². The Morgan fingerprint density at radius 3 is 2.05 bits per heavy atom. The quantitative estimate of drug-likeness (QED) is 0.249. The molecule has 9 nitrogen and oxygen atoms in total. The Balaban J connectivity index is 2.15. The lowest BCUT2D eigenvalue weighted by atomic mass is 9.96. The number of hydrogen-bond donors (Lipinski definition) is 3. The van der Waals surface area contributed by atoms with Gasteiger partial charge in [0.25, 0.3) is 0 Å². The van der Waals surface area contributed by atoms with Crippen LogP contribution in [-0.2, 0) is 37.0 Å². The summed E-state index contributed by atoms with van der Waals surface area (Å²) in [6.07, 6.45) is 1.47. The molecule has 9 heteroatoms. The van der Waals surface area contributed by atoms with Crippen LogP contribution < -0.4 is 16.1 Å². The van der Waals surface area contributed by atoms with Crippen molar-refractivity contribution in [2.75, 3.05) is 6.61 Å². The molecule has 0 radical (unpaired) electrons. The summed E-state index contributed by atoms with van der Waals surface area (Å²) in [7, 11) is 0. The fraction of sp³-hybridized carbons (Fsp3) is 0.429. The third-order valence-corrected chi connectivity index (χ3v) is 5.69. The zero-order valence-electron chi connectivity index (χ0n) is 21.7. The molecular formula is C28H37N3O6. The van der Waals surface area contributed by atoms with E-state index in [0.29, 0.717) is 6.42 Å². The molecule has 3 amide bonds. The van der Waals surface area contributed by atoms with E-state index in [4.69, 9.17) is 9.57 Å². The van der Waals surface area contributed by atoms with Gasteiger partial charge in [0.2, 0.25) is 11.7 Å². The smallest absolute Gasteiger partial charge is 0.408 e. The van der Waals surface area contributed by atoms with Crippen molar-refractivity contribution >= 4 is 23.7 Å². The average molecular weight is 512 g/mol. The molecule has 200 valence electrons. The number of rotatable bonds is 15. The van der Waals surface area contributed by atoms with E-state index in [9.17, 15) is 19.2 Å². The van der Waals surface area contributed by atoms with Crippen molar-refractivity contribution in [2.45, 2.75) is 65.1 Å². The van der Waals surface area contributed by atoms with E-state index in [0.717, 1.165) is 24.0 Å². The average Bonchev–Trinajstić information content (AvgIpc) is 2.90. The molecule has 2 aromatic carbocycles. The molecule has 37 heavy (non-hydrogen) atoms. The predicted octanol–water partition coefficient (Wildman–Crippen LogP) is 3.47. The van der Waals surface area contributed by atoms with Gasteiger partial charge in [-0.3, -0.25) is 19.2 Å². The normalized spacial score (nSPS) is 13.1. The highest BCUT2D eigenvalue weighted by molar-refractivity contribution is 6.38. The first-order chi connectivity index (χ1) is 17.8. The van der Waals surface area contributed by atoms with Crippen molar-refractivity contribution in [1.29, 1.82) is 0 Å². The SMILES string of the molecule is CCCC(C)C[C@H](NC(=O)OCc1ccccc1)C(=O)N[C@@H](Cc1ccccc1)C(=O)C(=O)NOCC. The first kappa shape index (κ1) is 29.5. The Morgan fingerprint density at radius 1 is 0.838 bits per heavy atom. The van der Waals surface area contributed by atoms with E-state index in [1.807, 2.05) is 50.2 Å². The molecule has 0 aromatic heterocycles. The fourth-order valence-corrected chi connectivity index (χ4v) is 3.83. The van der Waals surface area contributed by atoms with Gasteiger partial charge in [0.05, 0.1) is 6.61 Å². The van der Waals surface area contributed by atoms with Crippen molar-refractivity contribution in [2.24, 2.45) is 5.92 Å². The molecule has 0 fully saturated rings. The molecule has 0 bridgehead atoms. The van der Waals surface area contributed by atoms with E-state index >= 15 is 0 Å². The number of carbonyl (C=O) groups is 4. The highest BCUT2D eigenvalue weighted by Crippen LogP contribution is 2.14. The molecule has 0 aliphatic rings. The second-order valence-electron chi connectivity index (χ2n) is 8.87. The Labute approximate surface area is 218 Å². The lowest BCUT2D eigenvalue weighted by Crippen LogP contribution is -2.55. The fourth-order valence-electron chi connectivity index (χ4n) is 3.83. The lowest BCUT2D eigenvalue weighted by Gasteiger charge is -2.24. The third kappa shape index (κ3) is 10.8. The number of hydroxylamine groups is 1. The minimum atomic E-state index is -1.15. The second-order valence-corrected chi connectivity index (χ2v) is 8.87. The minimum Gasteiger partial charge on any atom is -0.445 e. The van der Waals surface area contributed by atoms with E-state index < -0.39 is 35.8 Å². The van der Waals surface area contributed by atoms with Gasteiger partial charge in [0, 0.05) is 6.42 Å². The van der Waals surface area contributed by atoms with Crippen molar-refractivity contribution < 1.29 is 28.8 Å². The van der Waals surface area contributed by atoms with E-state index in [1.165, 1.54) is 0 Å².